The maximum Gasteiger partial charge on any atom is 0.306 e. The van der Waals surface area contributed by atoms with Gasteiger partial charge in [0.2, 0.25) is 0 Å². The zero-order valence-corrected chi connectivity index (χ0v) is 18.5. The lowest BCUT2D eigenvalue weighted by Gasteiger charge is -2.48. The Morgan fingerprint density at radius 1 is 1.33 bits per heavy atom. The van der Waals surface area contributed by atoms with Crippen molar-refractivity contribution in [2.75, 3.05) is 6.61 Å². The molecule has 6 nitrogen and oxygen atoms in total. The molecular weight excluding hydrogens is 384 g/mol. The summed E-state index contributed by atoms with van der Waals surface area (Å²) in [6.45, 7) is 9.40. The van der Waals surface area contributed by atoms with Crippen LogP contribution in [0.5, 0.6) is 0 Å². The average Bonchev–Trinajstić information content (AvgIpc) is 3.16. The molecular formula is C24H34O6. The highest BCUT2D eigenvalue weighted by Gasteiger charge is 2.76. The molecule has 0 heterocycles. The smallest absolute Gasteiger partial charge is 0.306 e. The summed E-state index contributed by atoms with van der Waals surface area (Å²) in [5, 5.41) is 33.5. The first kappa shape index (κ1) is 21.7. The number of fused-ring (bicyclic) bond motifs is 3. The monoisotopic (exact) mass is 418 g/mol. The number of carbonyl (C=O) groups is 2. The Labute approximate surface area is 178 Å². The number of rotatable bonds is 4. The Balaban J connectivity index is 1.90. The minimum Gasteiger partial charge on any atom is -0.455 e. The lowest BCUT2D eigenvalue weighted by Crippen LogP contribution is -2.65. The third-order valence-corrected chi connectivity index (χ3v) is 8.60. The molecule has 6 heteroatoms. The molecule has 4 rings (SSSR count). The second-order valence-corrected chi connectivity index (χ2v) is 10.5. The van der Waals surface area contributed by atoms with E-state index in [1.54, 1.807) is 19.1 Å². The molecule has 0 saturated heterocycles. The van der Waals surface area contributed by atoms with Crippen LogP contribution in [0.1, 0.15) is 53.9 Å². The quantitative estimate of drug-likeness (QED) is 0.477. The van der Waals surface area contributed by atoms with Crippen LogP contribution in [-0.2, 0) is 14.3 Å². The van der Waals surface area contributed by atoms with E-state index in [9.17, 15) is 24.9 Å². The number of carbonyl (C=O) groups excluding carboxylic acids is 2. The number of ether oxygens (including phenoxy) is 1. The number of aliphatic hydroxyl groups is 3. The fraction of sp³-hybridized carbons (Fsp3) is 0.750. The van der Waals surface area contributed by atoms with Crippen molar-refractivity contribution >= 4 is 11.8 Å². The number of hydrogen-bond donors (Lipinski definition) is 3. The zero-order chi connectivity index (χ0) is 22.2. The normalized spacial score (nSPS) is 46.1. The molecule has 30 heavy (non-hydrogen) atoms. The van der Waals surface area contributed by atoms with Crippen molar-refractivity contribution in [3.05, 3.63) is 23.3 Å². The topological polar surface area (TPSA) is 104 Å². The van der Waals surface area contributed by atoms with Crippen LogP contribution < -0.4 is 0 Å². The number of allylic oxidation sites excluding steroid dienone is 1. The van der Waals surface area contributed by atoms with Crippen LogP contribution in [-0.4, -0.2) is 51.5 Å². The van der Waals surface area contributed by atoms with Crippen LogP contribution in [0.3, 0.4) is 0 Å². The van der Waals surface area contributed by atoms with Gasteiger partial charge in [0.1, 0.15) is 6.10 Å². The van der Waals surface area contributed by atoms with Gasteiger partial charge in [-0.3, -0.25) is 9.59 Å². The summed E-state index contributed by atoms with van der Waals surface area (Å²) >= 11 is 0. The van der Waals surface area contributed by atoms with Crippen molar-refractivity contribution < 1.29 is 29.6 Å². The van der Waals surface area contributed by atoms with Gasteiger partial charge in [-0.1, -0.05) is 39.8 Å². The maximum atomic E-state index is 14.1. The fourth-order valence-electron chi connectivity index (χ4n) is 6.99. The van der Waals surface area contributed by atoms with E-state index >= 15 is 0 Å². The lowest BCUT2D eigenvalue weighted by molar-refractivity contribution is -0.203. The molecule has 2 fully saturated rings. The Morgan fingerprint density at radius 2 is 2.00 bits per heavy atom. The first-order chi connectivity index (χ1) is 14.0. The maximum absolute atomic E-state index is 14.1. The second-order valence-electron chi connectivity index (χ2n) is 10.5. The number of ketones is 1. The third-order valence-electron chi connectivity index (χ3n) is 8.60. The van der Waals surface area contributed by atoms with E-state index in [-0.39, 0.29) is 35.0 Å². The molecule has 0 radical (unpaired) electrons. The van der Waals surface area contributed by atoms with Gasteiger partial charge in [-0.25, -0.2) is 0 Å². The molecule has 166 valence electrons. The molecule has 1 spiro atoms. The highest BCUT2D eigenvalue weighted by atomic mass is 16.6. The number of aliphatic hydroxyl groups excluding tert-OH is 2. The molecule has 0 aromatic carbocycles. The average molecular weight is 419 g/mol. The van der Waals surface area contributed by atoms with Gasteiger partial charge in [-0.05, 0) is 54.1 Å². The minimum absolute atomic E-state index is 0.00890. The second kappa shape index (κ2) is 6.75. The molecule has 4 aliphatic rings. The first-order valence-corrected chi connectivity index (χ1v) is 11.1. The Bertz CT molecular complexity index is 841. The SMILES string of the molecule is CCCC(=O)O[C@H]1C(C)=C[C@]23C(=O)[C@H](C=C(CO)[C@@H](O)[C@]12O)[C@H]1[C@@H](C[C@H]3C)C1(C)C. The van der Waals surface area contributed by atoms with Crippen molar-refractivity contribution in [2.45, 2.75) is 71.7 Å². The largest absolute Gasteiger partial charge is 0.455 e. The molecule has 0 unspecified atom stereocenters. The van der Waals surface area contributed by atoms with Gasteiger partial charge in [0.25, 0.3) is 0 Å². The number of Topliss-reactive ketones (excluding diaryl/α,β-unsaturated/α-hetero) is 1. The number of esters is 1. The predicted octanol–water partition coefficient (Wildman–Crippen LogP) is 2.17. The van der Waals surface area contributed by atoms with Gasteiger partial charge in [-0.2, -0.15) is 0 Å². The Morgan fingerprint density at radius 3 is 2.60 bits per heavy atom. The van der Waals surface area contributed by atoms with Gasteiger partial charge in [0.15, 0.2) is 17.5 Å². The van der Waals surface area contributed by atoms with Crippen LogP contribution in [0.4, 0.5) is 0 Å². The van der Waals surface area contributed by atoms with Gasteiger partial charge >= 0.3 is 5.97 Å². The van der Waals surface area contributed by atoms with Crippen molar-refractivity contribution in [3.8, 4) is 0 Å². The molecule has 0 aromatic heterocycles. The highest BCUT2D eigenvalue weighted by molar-refractivity contribution is 5.95. The van der Waals surface area contributed by atoms with E-state index in [1.807, 2.05) is 13.8 Å². The standard InChI is InChI=1S/C24H34O6/c1-6-7-17(26)30-21-12(2)10-23-13(3)8-16-18(22(16,4)5)15(20(23)28)9-14(11-25)19(27)24(21,23)29/h9-10,13,15-16,18-19,21,25,27,29H,6-8,11H2,1-5H3/t13-,15-,16-,18+,19-,21+,23+,24+/m1/s1. The van der Waals surface area contributed by atoms with Crippen molar-refractivity contribution in [1.82, 2.24) is 0 Å². The van der Waals surface area contributed by atoms with Crippen molar-refractivity contribution in [3.63, 3.8) is 0 Å². The summed E-state index contributed by atoms with van der Waals surface area (Å²) in [4.78, 5) is 26.5. The molecule has 2 saturated carbocycles. The molecule has 0 aliphatic heterocycles. The van der Waals surface area contributed by atoms with E-state index in [1.165, 1.54) is 0 Å². The van der Waals surface area contributed by atoms with Crippen LogP contribution in [0.15, 0.2) is 23.3 Å². The minimum atomic E-state index is -2.04. The van der Waals surface area contributed by atoms with Crippen molar-refractivity contribution in [2.24, 2.45) is 34.5 Å². The van der Waals surface area contributed by atoms with E-state index in [4.69, 9.17) is 4.74 Å². The summed E-state index contributed by atoms with van der Waals surface area (Å²) in [7, 11) is 0. The molecule has 0 aromatic rings. The van der Waals surface area contributed by atoms with E-state index in [0.717, 1.165) is 6.42 Å². The van der Waals surface area contributed by atoms with Crippen LogP contribution in [0.25, 0.3) is 0 Å². The molecule has 4 aliphatic carbocycles. The van der Waals surface area contributed by atoms with Crippen LogP contribution in [0, 0.1) is 34.5 Å². The van der Waals surface area contributed by atoms with Crippen molar-refractivity contribution in [1.29, 1.82) is 0 Å². The Hall–Kier alpha value is -1.50. The van der Waals surface area contributed by atoms with E-state index in [2.05, 4.69) is 13.8 Å². The first-order valence-electron chi connectivity index (χ1n) is 11.1. The highest BCUT2D eigenvalue weighted by Crippen LogP contribution is 2.71. The summed E-state index contributed by atoms with van der Waals surface area (Å²) in [5.41, 5.74) is -2.61. The molecule has 8 atom stereocenters. The fourth-order valence-corrected chi connectivity index (χ4v) is 6.99. The summed E-state index contributed by atoms with van der Waals surface area (Å²) in [5.74, 6) is -0.909. The Kier molecular flexibility index (Phi) is 4.89. The predicted molar refractivity (Wildman–Crippen MR) is 110 cm³/mol. The summed E-state index contributed by atoms with van der Waals surface area (Å²) < 4.78 is 5.68. The molecule has 2 bridgehead atoms. The van der Waals surface area contributed by atoms with Gasteiger partial charge < -0.3 is 20.1 Å². The third kappa shape index (κ3) is 2.47. The van der Waals surface area contributed by atoms with Gasteiger partial charge in [0.05, 0.1) is 12.0 Å². The van der Waals surface area contributed by atoms with Gasteiger partial charge in [0, 0.05) is 12.3 Å². The van der Waals surface area contributed by atoms with E-state index in [0.29, 0.717) is 17.9 Å². The lowest BCUT2D eigenvalue weighted by atomic mass is 9.59. The summed E-state index contributed by atoms with van der Waals surface area (Å²) in [6, 6.07) is 0. The molecule has 3 N–H and O–H groups in total. The zero-order valence-electron chi connectivity index (χ0n) is 18.5. The van der Waals surface area contributed by atoms with Crippen LogP contribution in [0.2, 0.25) is 0 Å². The molecule has 0 amide bonds. The van der Waals surface area contributed by atoms with Gasteiger partial charge in [-0.15, -0.1) is 0 Å². The number of hydrogen-bond acceptors (Lipinski definition) is 6. The van der Waals surface area contributed by atoms with Crippen LogP contribution >= 0.6 is 0 Å². The van der Waals surface area contributed by atoms with E-state index < -0.39 is 41.7 Å². The summed E-state index contributed by atoms with van der Waals surface area (Å²) in [6.07, 6.45) is 2.33.